The predicted octanol–water partition coefficient (Wildman–Crippen LogP) is 1.99. The van der Waals surface area contributed by atoms with E-state index in [1.54, 1.807) is 12.1 Å². The number of hydrogen-bond acceptors (Lipinski definition) is 3. The molecule has 0 radical (unpaired) electrons. The normalized spacial score (nSPS) is 15.9. The summed E-state index contributed by atoms with van der Waals surface area (Å²) in [5.41, 5.74) is 0. The van der Waals surface area contributed by atoms with Crippen LogP contribution in [-0.4, -0.2) is 37.0 Å². The third-order valence-electron chi connectivity index (χ3n) is 3.60. The first-order chi connectivity index (χ1) is 9.63. The van der Waals surface area contributed by atoms with Gasteiger partial charge in [-0.3, -0.25) is 0 Å². The molecule has 1 aliphatic carbocycles. The van der Waals surface area contributed by atoms with Gasteiger partial charge in [-0.05, 0) is 35.7 Å². The Labute approximate surface area is 118 Å². The fourth-order valence-electron chi connectivity index (χ4n) is 2.42. The van der Waals surface area contributed by atoms with Crippen molar-refractivity contribution < 1.29 is 13.5 Å². The van der Waals surface area contributed by atoms with Gasteiger partial charge in [-0.2, -0.15) is 4.31 Å². The van der Waals surface area contributed by atoms with Gasteiger partial charge in [0, 0.05) is 12.6 Å². The van der Waals surface area contributed by atoms with Crippen LogP contribution in [0, 0.1) is 0 Å². The van der Waals surface area contributed by atoms with E-state index in [0.717, 1.165) is 23.6 Å². The summed E-state index contributed by atoms with van der Waals surface area (Å²) in [6.07, 6.45) is 1.76. The summed E-state index contributed by atoms with van der Waals surface area (Å²) in [5.74, 6) is 0. The quantitative estimate of drug-likeness (QED) is 0.916. The SMILES string of the molecule is O=S(=O)(c1ccc2ccccc2c1)N(CCO)C1CC1. The van der Waals surface area contributed by atoms with E-state index < -0.39 is 10.0 Å². The lowest BCUT2D eigenvalue weighted by atomic mass is 10.1. The van der Waals surface area contributed by atoms with Crippen molar-refractivity contribution in [1.82, 2.24) is 4.31 Å². The average molecular weight is 291 g/mol. The lowest BCUT2D eigenvalue weighted by Crippen LogP contribution is -2.35. The molecule has 0 bridgehead atoms. The zero-order chi connectivity index (χ0) is 14.2. The van der Waals surface area contributed by atoms with Crippen LogP contribution in [0.3, 0.4) is 0 Å². The first kappa shape index (κ1) is 13.5. The summed E-state index contributed by atoms with van der Waals surface area (Å²) in [6, 6.07) is 12.9. The minimum atomic E-state index is -3.52. The van der Waals surface area contributed by atoms with Gasteiger partial charge in [0.05, 0.1) is 11.5 Å². The van der Waals surface area contributed by atoms with E-state index in [0.29, 0.717) is 4.90 Å². The first-order valence-corrected chi connectivity index (χ1v) is 8.18. The number of hydrogen-bond donors (Lipinski definition) is 1. The van der Waals surface area contributed by atoms with Crippen molar-refractivity contribution in [3.05, 3.63) is 42.5 Å². The molecule has 1 N–H and O–H groups in total. The summed E-state index contributed by atoms with van der Waals surface area (Å²) in [6.45, 7) is 0.0170. The van der Waals surface area contributed by atoms with E-state index in [1.165, 1.54) is 4.31 Å². The van der Waals surface area contributed by atoms with Gasteiger partial charge in [0.25, 0.3) is 0 Å². The number of rotatable bonds is 5. The average Bonchev–Trinajstić information content (AvgIpc) is 3.28. The van der Waals surface area contributed by atoms with Crippen molar-refractivity contribution in [3.8, 4) is 0 Å². The van der Waals surface area contributed by atoms with Gasteiger partial charge >= 0.3 is 0 Å². The number of benzene rings is 2. The van der Waals surface area contributed by atoms with Crippen LogP contribution in [0.4, 0.5) is 0 Å². The molecule has 0 spiro atoms. The van der Waals surface area contributed by atoms with Crippen molar-refractivity contribution in [2.45, 2.75) is 23.8 Å². The van der Waals surface area contributed by atoms with Crippen molar-refractivity contribution in [2.75, 3.05) is 13.2 Å². The number of aliphatic hydroxyl groups is 1. The largest absolute Gasteiger partial charge is 0.395 e. The Morgan fingerprint density at radius 1 is 1.10 bits per heavy atom. The van der Waals surface area contributed by atoms with Gasteiger partial charge in [-0.25, -0.2) is 8.42 Å². The molecule has 0 aromatic heterocycles. The Bertz CT molecular complexity index is 723. The summed E-state index contributed by atoms with van der Waals surface area (Å²) >= 11 is 0. The van der Waals surface area contributed by atoms with Crippen LogP contribution in [0.15, 0.2) is 47.4 Å². The second-order valence-corrected chi connectivity index (χ2v) is 6.97. The van der Waals surface area contributed by atoms with Crippen molar-refractivity contribution in [2.24, 2.45) is 0 Å². The van der Waals surface area contributed by atoms with E-state index in [2.05, 4.69) is 0 Å². The molecule has 2 aromatic carbocycles. The van der Waals surface area contributed by atoms with Gasteiger partial charge in [-0.15, -0.1) is 0 Å². The maximum atomic E-state index is 12.7. The zero-order valence-corrected chi connectivity index (χ0v) is 11.9. The van der Waals surface area contributed by atoms with Crippen LogP contribution >= 0.6 is 0 Å². The van der Waals surface area contributed by atoms with E-state index in [-0.39, 0.29) is 19.2 Å². The Morgan fingerprint density at radius 2 is 1.80 bits per heavy atom. The number of nitrogens with zero attached hydrogens (tertiary/aromatic N) is 1. The summed E-state index contributed by atoms with van der Waals surface area (Å²) in [5, 5.41) is 11.0. The van der Waals surface area contributed by atoms with Crippen molar-refractivity contribution in [1.29, 1.82) is 0 Å². The molecule has 4 nitrogen and oxygen atoms in total. The van der Waals surface area contributed by atoms with Crippen molar-refractivity contribution in [3.63, 3.8) is 0 Å². The molecule has 1 fully saturated rings. The van der Waals surface area contributed by atoms with Crippen molar-refractivity contribution >= 4 is 20.8 Å². The highest BCUT2D eigenvalue weighted by Gasteiger charge is 2.37. The number of sulfonamides is 1. The Kier molecular flexibility index (Phi) is 3.50. The molecule has 0 amide bonds. The smallest absolute Gasteiger partial charge is 0.243 e. The monoisotopic (exact) mass is 291 g/mol. The van der Waals surface area contributed by atoms with Gasteiger partial charge in [0.1, 0.15) is 0 Å². The molecule has 0 aliphatic heterocycles. The van der Waals surface area contributed by atoms with Gasteiger partial charge in [0.15, 0.2) is 0 Å². The van der Waals surface area contributed by atoms with Gasteiger partial charge in [0.2, 0.25) is 10.0 Å². The third-order valence-corrected chi connectivity index (χ3v) is 5.55. The molecule has 0 saturated heterocycles. The Morgan fingerprint density at radius 3 is 2.45 bits per heavy atom. The maximum absolute atomic E-state index is 12.7. The van der Waals surface area contributed by atoms with Gasteiger partial charge in [-0.1, -0.05) is 30.3 Å². The third kappa shape index (κ3) is 2.44. The molecule has 0 heterocycles. The minimum absolute atomic E-state index is 0.0543. The topological polar surface area (TPSA) is 57.6 Å². The minimum Gasteiger partial charge on any atom is -0.395 e. The summed E-state index contributed by atoms with van der Waals surface area (Å²) in [4.78, 5) is 0.302. The lowest BCUT2D eigenvalue weighted by Gasteiger charge is -2.21. The van der Waals surface area contributed by atoms with E-state index in [9.17, 15) is 8.42 Å². The molecular formula is C15H17NO3S. The fraction of sp³-hybridized carbons (Fsp3) is 0.333. The molecule has 1 aliphatic rings. The van der Waals surface area contributed by atoms with Crippen LogP contribution in [0.2, 0.25) is 0 Å². The lowest BCUT2D eigenvalue weighted by molar-refractivity contribution is 0.250. The first-order valence-electron chi connectivity index (χ1n) is 6.74. The second kappa shape index (κ2) is 5.16. The van der Waals surface area contributed by atoms with Gasteiger partial charge < -0.3 is 5.11 Å². The molecule has 0 atom stereocenters. The predicted molar refractivity (Wildman–Crippen MR) is 77.9 cm³/mol. The van der Waals surface area contributed by atoms with Crippen LogP contribution in [0.1, 0.15) is 12.8 Å². The fourth-order valence-corrected chi connectivity index (χ4v) is 4.14. The Balaban J connectivity index is 2.03. The number of fused-ring (bicyclic) bond motifs is 1. The molecule has 20 heavy (non-hydrogen) atoms. The molecule has 3 rings (SSSR count). The number of aliphatic hydroxyl groups excluding tert-OH is 1. The van der Waals surface area contributed by atoms with E-state index in [1.807, 2.05) is 30.3 Å². The molecular weight excluding hydrogens is 274 g/mol. The van der Waals surface area contributed by atoms with Crippen LogP contribution in [0.25, 0.3) is 10.8 Å². The van der Waals surface area contributed by atoms with E-state index >= 15 is 0 Å². The van der Waals surface area contributed by atoms with Crippen LogP contribution in [-0.2, 0) is 10.0 Å². The summed E-state index contributed by atoms with van der Waals surface area (Å²) < 4.78 is 26.8. The molecule has 0 unspecified atom stereocenters. The maximum Gasteiger partial charge on any atom is 0.243 e. The van der Waals surface area contributed by atoms with Crippen LogP contribution in [0.5, 0.6) is 0 Å². The second-order valence-electron chi connectivity index (χ2n) is 5.08. The molecule has 1 saturated carbocycles. The van der Waals surface area contributed by atoms with E-state index in [4.69, 9.17) is 5.11 Å². The Hall–Kier alpha value is -1.43. The van der Waals surface area contributed by atoms with Crippen LogP contribution < -0.4 is 0 Å². The highest BCUT2D eigenvalue weighted by Crippen LogP contribution is 2.32. The molecule has 2 aromatic rings. The molecule has 106 valence electrons. The summed E-state index contributed by atoms with van der Waals surface area (Å²) in [7, 11) is -3.52. The molecule has 5 heteroatoms. The highest BCUT2D eigenvalue weighted by molar-refractivity contribution is 7.89. The highest BCUT2D eigenvalue weighted by atomic mass is 32.2. The zero-order valence-electron chi connectivity index (χ0n) is 11.1. The standard InChI is InChI=1S/C15H17NO3S/c17-10-9-16(14-6-7-14)20(18,19)15-8-5-12-3-1-2-4-13(12)11-15/h1-5,8,11,14,17H,6-7,9-10H2.